The summed E-state index contributed by atoms with van der Waals surface area (Å²) in [7, 11) is 1.64. The van der Waals surface area contributed by atoms with Crippen molar-refractivity contribution in [2.75, 3.05) is 7.11 Å². The maximum atomic E-state index is 11.1. The van der Waals surface area contributed by atoms with Crippen molar-refractivity contribution < 1.29 is 14.3 Å². The Labute approximate surface area is 72.0 Å². The normalized spacial score (nSPS) is 40.8. The Bertz CT molecular complexity index is 202. The van der Waals surface area contributed by atoms with Crippen LogP contribution in [0.1, 0.15) is 32.1 Å². The predicted octanol–water partition coefficient (Wildman–Crippen LogP) is 1.47. The van der Waals surface area contributed by atoms with Crippen LogP contribution in [0.2, 0.25) is 0 Å². The molecule has 3 nitrogen and oxygen atoms in total. The third-order valence-electron chi connectivity index (χ3n) is 3.00. The molecule has 0 bridgehead atoms. The van der Waals surface area contributed by atoms with Crippen molar-refractivity contribution in [1.29, 1.82) is 0 Å². The van der Waals surface area contributed by atoms with Crippen LogP contribution in [0.15, 0.2) is 0 Å². The molecule has 2 unspecified atom stereocenters. The quantitative estimate of drug-likeness (QED) is 0.559. The highest BCUT2D eigenvalue weighted by Crippen LogP contribution is 2.44. The molecule has 2 fully saturated rings. The van der Waals surface area contributed by atoms with Crippen LogP contribution in [0.25, 0.3) is 0 Å². The molecule has 68 valence electrons. The van der Waals surface area contributed by atoms with E-state index in [1.807, 2.05) is 0 Å². The molecule has 1 aliphatic heterocycles. The van der Waals surface area contributed by atoms with Crippen LogP contribution >= 0.6 is 0 Å². The molecule has 0 aromatic rings. The van der Waals surface area contributed by atoms with Crippen molar-refractivity contribution in [2.24, 2.45) is 5.92 Å². The van der Waals surface area contributed by atoms with Gasteiger partial charge in [-0.15, -0.1) is 0 Å². The van der Waals surface area contributed by atoms with Crippen molar-refractivity contribution in [3.63, 3.8) is 0 Å². The highest BCUT2D eigenvalue weighted by Gasteiger charge is 2.50. The van der Waals surface area contributed by atoms with E-state index in [0.29, 0.717) is 12.3 Å². The van der Waals surface area contributed by atoms with Gasteiger partial charge in [0.15, 0.2) is 0 Å². The first kappa shape index (κ1) is 8.05. The van der Waals surface area contributed by atoms with Gasteiger partial charge in [0.05, 0.1) is 6.42 Å². The molecule has 1 saturated heterocycles. The predicted molar refractivity (Wildman–Crippen MR) is 42.4 cm³/mol. The van der Waals surface area contributed by atoms with Gasteiger partial charge in [0.2, 0.25) is 5.79 Å². The summed E-state index contributed by atoms with van der Waals surface area (Å²) in [4.78, 5) is 11.1. The van der Waals surface area contributed by atoms with Gasteiger partial charge in [-0.2, -0.15) is 0 Å². The van der Waals surface area contributed by atoms with Crippen molar-refractivity contribution in [2.45, 2.75) is 37.9 Å². The minimum Gasteiger partial charge on any atom is -0.433 e. The Morgan fingerprint density at radius 3 is 3.08 bits per heavy atom. The van der Waals surface area contributed by atoms with Gasteiger partial charge in [-0.3, -0.25) is 4.79 Å². The smallest absolute Gasteiger partial charge is 0.308 e. The van der Waals surface area contributed by atoms with Crippen LogP contribution in [-0.2, 0) is 14.3 Å². The van der Waals surface area contributed by atoms with Gasteiger partial charge in [-0.25, -0.2) is 0 Å². The second kappa shape index (κ2) is 2.73. The topological polar surface area (TPSA) is 35.5 Å². The van der Waals surface area contributed by atoms with Crippen LogP contribution < -0.4 is 0 Å². The highest BCUT2D eigenvalue weighted by atomic mass is 16.7. The number of rotatable bonds is 1. The minimum atomic E-state index is -0.546. The Kier molecular flexibility index (Phi) is 1.83. The number of carbonyl (C=O) groups excluding carboxylic acids is 1. The lowest BCUT2D eigenvalue weighted by atomic mass is 9.83. The number of ether oxygens (including phenoxy) is 2. The standard InChI is InChI=1S/C9H14O3/c1-11-9-5-3-2-4-7(9)6-8(10)12-9/h7H,2-6H2,1H3. The maximum absolute atomic E-state index is 11.1. The minimum absolute atomic E-state index is 0.0937. The molecule has 1 saturated carbocycles. The van der Waals surface area contributed by atoms with E-state index in [1.165, 1.54) is 6.42 Å². The summed E-state index contributed by atoms with van der Waals surface area (Å²) in [5.74, 6) is -0.331. The molecule has 2 atom stereocenters. The lowest BCUT2D eigenvalue weighted by Gasteiger charge is -2.35. The Balaban J connectivity index is 2.19. The van der Waals surface area contributed by atoms with Crippen molar-refractivity contribution >= 4 is 5.97 Å². The van der Waals surface area contributed by atoms with E-state index < -0.39 is 5.79 Å². The molecule has 1 aliphatic carbocycles. The van der Waals surface area contributed by atoms with Gasteiger partial charge in [0.25, 0.3) is 0 Å². The molecular formula is C9H14O3. The van der Waals surface area contributed by atoms with Crippen molar-refractivity contribution in [3.05, 3.63) is 0 Å². The molecule has 0 aromatic carbocycles. The third kappa shape index (κ3) is 1.04. The summed E-state index contributed by atoms with van der Waals surface area (Å²) in [6, 6.07) is 0. The SMILES string of the molecule is COC12CCCCC1CC(=O)O2. The number of esters is 1. The van der Waals surface area contributed by atoms with Crippen LogP contribution in [0.3, 0.4) is 0 Å². The summed E-state index contributed by atoms with van der Waals surface area (Å²) >= 11 is 0. The van der Waals surface area contributed by atoms with Crippen molar-refractivity contribution in [3.8, 4) is 0 Å². The lowest BCUT2D eigenvalue weighted by molar-refractivity contribution is -0.226. The Morgan fingerprint density at radius 2 is 2.42 bits per heavy atom. The van der Waals surface area contributed by atoms with Gasteiger partial charge in [-0.05, 0) is 12.8 Å². The van der Waals surface area contributed by atoms with Gasteiger partial charge in [0, 0.05) is 19.4 Å². The summed E-state index contributed by atoms with van der Waals surface area (Å²) in [5, 5.41) is 0. The molecule has 2 aliphatic rings. The molecule has 0 spiro atoms. The van der Waals surface area contributed by atoms with Crippen LogP contribution in [0.4, 0.5) is 0 Å². The molecule has 0 N–H and O–H groups in total. The first-order valence-corrected chi connectivity index (χ1v) is 4.54. The number of hydrogen-bond donors (Lipinski definition) is 0. The zero-order valence-electron chi connectivity index (χ0n) is 7.34. The van der Waals surface area contributed by atoms with E-state index in [-0.39, 0.29) is 5.97 Å². The zero-order valence-corrected chi connectivity index (χ0v) is 7.34. The second-order valence-corrected chi connectivity index (χ2v) is 3.64. The highest BCUT2D eigenvalue weighted by molar-refractivity contribution is 5.72. The maximum Gasteiger partial charge on any atom is 0.308 e. The summed E-state index contributed by atoms with van der Waals surface area (Å²) in [5.41, 5.74) is 0. The molecule has 0 radical (unpaired) electrons. The fraction of sp³-hybridized carbons (Fsp3) is 0.889. The number of methoxy groups -OCH3 is 1. The molecular weight excluding hydrogens is 156 g/mol. The number of hydrogen-bond acceptors (Lipinski definition) is 3. The van der Waals surface area contributed by atoms with Gasteiger partial charge < -0.3 is 9.47 Å². The first-order chi connectivity index (χ1) is 5.77. The van der Waals surface area contributed by atoms with Crippen LogP contribution in [-0.4, -0.2) is 18.9 Å². The fourth-order valence-electron chi connectivity index (χ4n) is 2.32. The van der Waals surface area contributed by atoms with E-state index in [0.717, 1.165) is 19.3 Å². The van der Waals surface area contributed by atoms with Crippen molar-refractivity contribution in [1.82, 2.24) is 0 Å². The van der Waals surface area contributed by atoms with E-state index in [9.17, 15) is 4.79 Å². The monoisotopic (exact) mass is 170 g/mol. The van der Waals surface area contributed by atoms with E-state index in [2.05, 4.69) is 0 Å². The van der Waals surface area contributed by atoms with E-state index in [4.69, 9.17) is 9.47 Å². The lowest BCUT2D eigenvalue weighted by Crippen LogP contribution is -2.40. The molecule has 0 aromatic heterocycles. The Morgan fingerprint density at radius 1 is 1.58 bits per heavy atom. The zero-order chi connectivity index (χ0) is 8.60. The largest absolute Gasteiger partial charge is 0.433 e. The molecule has 12 heavy (non-hydrogen) atoms. The van der Waals surface area contributed by atoms with Gasteiger partial charge in [0.1, 0.15) is 0 Å². The molecule has 2 rings (SSSR count). The summed E-state index contributed by atoms with van der Waals surface area (Å²) in [6.45, 7) is 0. The molecule has 0 amide bonds. The molecule has 3 heteroatoms. The average Bonchev–Trinajstić information content (AvgIpc) is 2.41. The average molecular weight is 170 g/mol. The summed E-state index contributed by atoms with van der Waals surface area (Å²) in [6.07, 6.45) is 4.80. The third-order valence-corrected chi connectivity index (χ3v) is 3.00. The fourth-order valence-corrected chi connectivity index (χ4v) is 2.32. The Hall–Kier alpha value is -0.570. The van der Waals surface area contributed by atoms with Gasteiger partial charge >= 0.3 is 5.97 Å². The first-order valence-electron chi connectivity index (χ1n) is 4.54. The molecule has 1 heterocycles. The van der Waals surface area contributed by atoms with Crippen LogP contribution in [0, 0.1) is 5.92 Å². The van der Waals surface area contributed by atoms with Crippen LogP contribution in [0.5, 0.6) is 0 Å². The van der Waals surface area contributed by atoms with E-state index >= 15 is 0 Å². The number of carbonyl (C=O) groups is 1. The second-order valence-electron chi connectivity index (χ2n) is 3.64. The van der Waals surface area contributed by atoms with Gasteiger partial charge in [-0.1, -0.05) is 6.42 Å². The summed E-state index contributed by atoms with van der Waals surface area (Å²) < 4.78 is 10.6. The van der Waals surface area contributed by atoms with E-state index in [1.54, 1.807) is 7.11 Å². The number of fused-ring (bicyclic) bond motifs is 1.